The van der Waals surface area contributed by atoms with Crippen LogP contribution in [0, 0.1) is 0 Å². The zero-order valence-electron chi connectivity index (χ0n) is 10.2. The Hall–Kier alpha value is -0.120. The van der Waals surface area contributed by atoms with Gasteiger partial charge in [0.15, 0.2) is 0 Å². The van der Waals surface area contributed by atoms with E-state index in [0.29, 0.717) is 0 Å². The first-order valence-corrected chi connectivity index (χ1v) is 5.39. The first kappa shape index (κ1) is 16.3. The average molecular weight is 206 g/mol. The Morgan fingerprint density at radius 1 is 0.714 bits per heavy atom. The average Bonchev–Trinajstić information content (AvgIpc) is 2.20. The molecule has 14 heavy (non-hydrogen) atoms. The van der Waals surface area contributed by atoms with Gasteiger partial charge in [0.05, 0.1) is 0 Å². The maximum Gasteiger partial charge on any atom is 0.0487 e. The van der Waals surface area contributed by atoms with Crippen LogP contribution in [0.5, 0.6) is 0 Å². The molecule has 0 amide bonds. The highest BCUT2D eigenvalue weighted by atomic mass is 16.5. The summed E-state index contributed by atoms with van der Waals surface area (Å²) < 4.78 is 14.7. The molecule has 0 fully saturated rings. The third-order valence-electron chi connectivity index (χ3n) is 1.39. The smallest absolute Gasteiger partial charge is 0.0487 e. The highest BCUT2D eigenvalue weighted by Crippen LogP contribution is 1.84. The van der Waals surface area contributed by atoms with Gasteiger partial charge in [-0.1, -0.05) is 13.8 Å². The molecule has 3 heteroatoms. The number of methoxy groups -OCH3 is 2. The van der Waals surface area contributed by atoms with Gasteiger partial charge in [0, 0.05) is 40.6 Å². The summed E-state index contributed by atoms with van der Waals surface area (Å²) in [6.07, 6.45) is 3.24. The minimum absolute atomic E-state index is 0.809. The molecule has 0 aromatic carbocycles. The number of ether oxygens (including phenoxy) is 3. The molecule has 0 aliphatic rings. The summed E-state index contributed by atoms with van der Waals surface area (Å²) in [6.45, 7) is 7.61. The van der Waals surface area contributed by atoms with Crippen LogP contribution in [0.3, 0.4) is 0 Å². The van der Waals surface area contributed by atoms with Crippen LogP contribution in [0.4, 0.5) is 0 Å². The fourth-order valence-electron chi connectivity index (χ4n) is 0.756. The highest BCUT2D eigenvalue weighted by molar-refractivity contribution is 4.32. The lowest BCUT2D eigenvalue weighted by Gasteiger charge is -1.99. The Morgan fingerprint density at radius 3 is 1.64 bits per heavy atom. The third-order valence-corrected chi connectivity index (χ3v) is 1.39. The van der Waals surface area contributed by atoms with Crippen LogP contribution in [0.15, 0.2) is 0 Å². The molecule has 0 rings (SSSR count). The van der Waals surface area contributed by atoms with E-state index in [0.717, 1.165) is 45.7 Å². The van der Waals surface area contributed by atoms with Crippen molar-refractivity contribution < 1.29 is 14.2 Å². The number of hydrogen-bond donors (Lipinski definition) is 0. The predicted octanol–water partition coefficient (Wildman–Crippen LogP) is 2.49. The van der Waals surface area contributed by atoms with Crippen molar-refractivity contribution in [3.63, 3.8) is 0 Å². The largest absolute Gasteiger partial charge is 0.385 e. The van der Waals surface area contributed by atoms with Crippen molar-refractivity contribution in [1.29, 1.82) is 0 Å². The van der Waals surface area contributed by atoms with E-state index < -0.39 is 0 Å². The van der Waals surface area contributed by atoms with Crippen molar-refractivity contribution in [2.75, 3.05) is 40.6 Å². The van der Waals surface area contributed by atoms with E-state index in [1.165, 1.54) is 0 Å². The molecule has 0 bridgehead atoms. The third kappa shape index (κ3) is 22.6. The summed E-state index contributed by atoms with van der Waals surface area (Å²) in [5, 5.41) is 0. The fourth-order valence-corrected chi connectivity index (χ4v) is 0.756. The molecule has 0 saturated carbocycles. The van der Waals surface area contributed by atoms with Crippen LogP contribution < -0.4 is 0 Å². The van der Waals surface area contributed by atoms with Gasteiger partial charge < -0.3 is 14.2 Å². The monoisotopic (exact) mass is 206 g/mol. The molecule has 0 N–H and O–H groups in total. The normalized spacial score (nSPS) is 9.43. The molecular formula is C11H26O3. The van der Waals surface area contributed by atoms with Gasteiger partial charge in [0.25, 0.3) is 0 Å². The molecular weight excluding hydrogens is 180 g/mol. The van der Waals surface area contributed by atoms with Crippen LogP contribution in [0.1, 0.15) is 33.1 Å². The first-order valence-electron chi connectivity index (χ1n) is 5.39. The van der Waals surface area contributed by atoms with Crippen LogP contribution in [0.25, 0.3) is 0 Å². The maximum absolute atomic E-state index is 5.20. The zero-order valence-corrected chi connectivity index (χ0v) is 10.2. The summed E-state index contributed by atoms with van der Waals surface area (Å²) in [5.41, 5.74) is 0. The van der Waals surface area contributed by atoms with E-state index in [-0.39, 0.29) is 0 Å². The topological polar surface area (TPSA) is 27.7 Å². The second kappa shape index (κ2) is 18.6. The van der Waals surface area contributed by atoms with Crippen molar-refractivity contribution in [2.45, 2.75) is 33.1 Å². The summed E-state index contributed by atoms with van der Waals surface area (Å²) in [7, 11) is 3.42. The Kier molecular flexibility index (Phi) is 21.7. The predicted molar refractivity (Wildman–Crippen MR) is 59.8 cm³/mol. The second-order valence-electron chi connectivity index (χ2n) is 2.95. The van der Waals surface area contributed by atoms with Crippen molar-refractivity contribution in [1.82, 2.24) is 0 Å². The van der Waals surface area contributed by atoms with Gasteiger partial charge >= 0.3 is 0 Å². The molecule has 3 nitrogen and oxygen atoms in total. The summed E-state index contributed by atoms with van der Waals surface area (Å²) in [6, 6.07) is 0. The van der Waals surface area contributed by atoms with Crippen LogP contribution >= 0.6 is 0 Å². The molecule has 0 saturated heterocycles. The van der Waals surface area contributed by atoms with Gasteiger partial charge in [-0.05, 0) is 19.3 Å². The maximum atomic E-state index is 5.20. The van der Waals surface area contributed by atoms with E-state index in [4.69, 9.17) is 14.2 Å². The van der Waals surface area contributed by atoms with Gasteiger partial charge in [0.2, 0.25) is 0 Å². The molecule has 0 aromatic heterocycles. The Labute approximate surface area is 88.7 Å². The lowest BCUT2D eigenvalue weighted by atomic mass is 10.5. The van der Waals surface area contributed by atoms with Crippen LogP contribution in [-0.4, -0.2) is 40.6 Å². The number of rotatable bonds is 8. The molecule has 0 heterocycles. The molecule has 0 atom stereocenters. The summed E-state index contributed by atoms with van der Waals surface area (Å²) in [5.74, 6) is 0. The van der Waals surface area contributed by atoms with Gasteiger partial charge in [-0.15, -0.1) is 0 Å². The molecule has 0 aromatic rings. The second-order valence-corrected chi connectivity index (χ2v) is 2.95. The van der Waals surface area contributed by atoms with Gasteiger partial charge in [0.1, 0.15) is 0 Å². The SMILES string of the molecule is CCCOC.CCCOCCCOC. The molecule has 88 valence electrons. The molecule has 0 aliphatic heterocycles. The standard InChI is InChI=1S/C7H16O2.C4H10O/c1-3-5-9-7-4-6-8-2;1-3-4-5-2/h3-7H2,1-2H3;3-4H2,1-2H3. The lowest BCUT2D eigenvalue weighted by molar-refractivity contribution is 0.103. The van der Waals surface area contributed by atoms with E-state index in [9.17, 15) is 0 Å². The minimum Gasteiger partial charge on any atom is -0.385 e. The molecule has 0 radical (unpaired) electrons. The van der Waals surface area contributed by atoms with Crippen LogP contribution in [-0.2, 0) is 14.2 Å². The summed E-state index contributed by atoms with van der Waals surface area (Å²) in [4.78, 5) is 0. The fraction of sp³-hybridized carbons (Fsp3) is 1.00. The molecule has 0 spiro atoms. The first-order chi connectivity index (χ1) is 6.83. The van der Waals surface area contributed by atoms with E-state index in [1.807, 2.05) is 0 Å². The van der Waals surface area contributed by atoms with Crippen molar-refractivity contribution in [2.24, 2.45) is 0 Å². The van der Waals surface area contributed by atoms with Gasteiger partial charge in [-0.2, -0.15) is 0 Å². The van der Waals surface area contributed by atoms with E-state index in [1.54, 1.807) is 14.2 Å². The molecule has 0 aliphatic carbocycles. The summed E-state index contributed by atoms with van der Waals surface area (Å²) >= 11 is 0. The minimum atomic E-state index is 0.809. The zero-order chi connectivity index (χ0) is 11.1. The number of hydrogen-bond acceptors (Lipinski definition) is 3. The highest BCUT2D eigenvalue weighted by Gasteiger charge is 1.84. The molecule has 0 unspecified atom stereocenters. The Balaban J connectivity index is 0. The lowest BCUT2D eigenvalue weighted by Crippen LogP contribution is -1.99. The van der Waals surface area contributed by atoms with E-state index in [2.05, 4.69) is 13.8 Å². The van der Waals surface area contributed by atoms with E-state index >= 15 is 0 Å². The van der Waals surface area contributed by atoms with Crippen molar-refractivity contribution in [3.8, 4) is 0 Å². The van der Waals surface area contributed by atoms with Crippen molar-refractivity contribution >= 4 is 0 Å². The van der Waals surface area contributed by atoms with Gasteiger partial charge in [-0.3, -0.25) is 0 Å². The Bertz CT molecular complexity index is 68.9. The Morgan fingerprint density at radius 2 is 1.29 bits per heavy atom. The van der Waals surface area contributed by atoms with Gasteiger partial charge in [-0.25, -0.2) is 0 Å². The quantitative estimate of drug-likeness (QED) is 0.571. The van der Waals surface area contributed by atoms with Crippen LogP contribution in [0.2, 0.25) is 0 Å². The van der Waals surface area contributed by atoms with Crippen molar-refractivity contribution in [3.05, 3.63) is 0 Å².